The minimum absolute atomic E-state index is 0.596. The summed E-state index contributed by atoms with van der Waals surface area (Å²) < 4.78 is 0.596. The largest absolute Gasteiger partial charge is 0.369 e. The molecule has 1 unspecified atom stereocenters. The van der Waals surface area contributed by atoms with Crippen LogP contribution in [-0.4, -0.2) is 12.6 Å². The molecular formula is C14H20IN. The fourth-order valence-corrected chi connectivity index (χ4v) is 2.79. The van der Waals surface area contributed by atoms with Crippen LogP contribution in [0, 0.1) is 0 Å². The van der Waals surface area contributed by atoms with E-state index in [-0.39, 0.29) is 0 Å². The van der Waals surface area contributed by atoms with E-state index in [1.165, 1.54) is 36.2 Å². The van der Waals surface area contributed by atoms with Gasteiger partial charge in [0.05, 0.1) is 0 Å². The van der Waals surface area contributed by atoms with E-state index in [0.717, 1.165) is 0 Å². The Kier molecular flexibility index (Phi) is 3.77. The molecule has 0 radical (unpaired) electrons. The van der Waals surface area contributed by atoms with Crippen molar-refractivity contribution in [3.63, 3.8) is 0 Å². The van der Waals surface area contributed by atoms with Crippen molar-refractivity contribution in [1.29, 1.82) is 0 Å². The van der Waals surface area contributed by atoms with E-state index in [4.69, 9.17) is 0 Å². The second-order valence-corrected chi connectivity index (χ2v) is 6.76. The molecule has 1 aromatic rings. The maximum Gasteiger partial charge on any atom is 0.0404 e. The first-order valence-corrected chi connectivity index (χ1v) is 7.37. The number of fused-ring (bicyclic) bond motifs is 1. The zero-order chi connectivity index (χ0) is 11.7. The molecule has 0 aliphatic carbocycles. The zero-order valence-electron chi connectivity index (χ0n) is 10.3. The van der Waals surface area contributed by atoms with Crippen LogP contribution < -0.4 is 4.90 Å². The van der Waals surface area contributed by atoms with E-state index in [1.807, 2.05) is 0 Å². The average Bonchev–Trinajstić information content (AvgIpc) is 2.27. The van der Waals surface area contributed by atoms with Crippen LogP contribution >= 0.6 is 22.6 Å². The van der Waals surface area contributed by atoms with Crippen LogP contribution in [0.15, 0.2) is 18.2 Å². The Morgan fingerprint density at radius 3 is 2.62 bits per heavy atom. The number of benzene rings is 1. The first-order valence-electron chi connectivity index (χ1n) is 6.13. The van der Waals surface area contributed by atoms with Crippen LogP contribution in [0.3, 0.4) is 0 Å². The molecule has 0 saturated carbocycles. The number of aryl methyl sites for hydroxylation is 1. The van der Waals surface area contributed by atoms with Gasteiger partial charge < -0.3 is 4.90 Å². The molecule has 2 rings (SSSR count). The summed E-state index contributed by atoms with van der Waals surface area (Å²) in [6.45, 7) is 8.04. The van der Waals surface area contributed by atoms with Crippen LogP contribution in [-0.2, 0) is 6.42 Å². The molecule has 1 nitrogen and oxygen atoms in total. The molecule has 0 aromatic heterocycles. The monoisotopic (exact) mass is 329 g/mol. The van der Waals surface area contributed by atoms with E-state index in [9.17, 15) is 0 Å². The molecular weight excluding hydrogens is 309 g/mol. The first-order chi connectivity index (χ1) is 7.59. The van der Waals surface area contributed by atoms with Gasteiger partial charge in [0.2, 0.25) is 0 Å². The van der Waals surface area contributed by atoms with E-state index in [0.29, 0.717) is 9.97 Å². The molecule has 1 atom stereocenters. The van der Waals surface area contributed by atoms with Crippen molar-refractivity contribution in [3.05, 3.63) is 29.3 Å². The number of alkyl halides is 1. The molecule has 88 valence electrons. The molecule has 1 aliphatic heterocycles. The topological polar surface area (TPSA) is 3.24 Å². The summed E-state index contributed by atoms with van der Waals surface area (Å²) in [5.74, 6) is 0. The minimum atomic E-state index is 0.596. The summed E-state index contributed by atoms with van der Waals surface area (Å²) in [7, 11) is 0. The summed E-state index contributed by atoms with van der Waals surface area (Å²) in [4.78, 5) is 2.54. The second kappa shape index (κ2) is 4.94. The van der Waals surface area contributed by atoms with Crippen molar-refractivity contribution in [2.24, 2.45) is 0 Å². The van der Waals surface area contributed by atoms with Crippen LogP contribution in [0.25, 0.3) is 0 Å². The average molecular weight is 329 g/mol. The maximum atomic E-state index is 2.54. The molecule has 1 aliphatic rings. The van der Waals surface area contributed by atoms with Crippen molar-refractivity contribution < 1.29 is 0 Å². The molecule has 0 saturated heterocycles. The predicted molar refractivity (Wildman–Crippen MR) is 79.7 cm³/mol. The molecule has 1 aromatic carbocycles. The lowest BCUT2D eigenvalue weighted by molar-refractivity contribution is 0.625. The van der Waals surface area contributed by atoms with Gasteiger partial charge in [0, 0.05) is 22.2 Å². The highest BCUT2D eigenvalue weighted by Gasteiger charge is 2.19. The van der Waals surface area contributed by atoms with Gasteiger partial charge in [-0.15, -0.1) is 0 Å². The van der Waals surface area contributed by atoms with Gasteiger partial charge in [0.1, 0.15) is 0 Å². The summed E-state index contributed by atoms with van der Waals surface area (Å²) in [5.41, 5.74) is 4.45. The first kappa shape index (κ1) is 12.2. The van der Waals surface area contributed by atoms with E-state index in [2.05, 4.69) is 66.5 Å². The third kappa shape index (κ3) is 2.36. The highest BCUT2D eigenvalue weighted by Crippen LogP contribution is 2.33. The van der Waals surface area contributed by atoms with Crippen LogP contribution in [0.2, 0.25) is 0 Å². The van der Waals surface area contributed by atoms with Gasteiger partial charge in [0.25, 0.3) is 0 Å². The summed E-state index contributed by atoms with van der Waals surface area (Å²) in [6.07, 6.45) is 2.54. The Morgan fingerprint density at radius 2 is 2.00 bits per heavy atom. The Morgan fingerprint density at radius 1 is 1.25 bits per heavy atom. The highest BCUT2D eigenvalue weighted by atomic mass is 127. The maximum absolute atomic E-state index is 2.54. The normalized spacial score (nSPS) is 17.4. The lowest BCUT2D eigenvalue weighted by Crippen LogP contribution is -2.35. The van der Waals surface area contributed by atoms with Crippen LogP contribution in [0.4, 0.5) is 5.69 Å². The van der Waals surface area contributed by atoms with Crippen molar-refractivity contribution in [3.8, 4) is 0 Å². The molecule has 0 bridgehead atoms. The highest BCUT2D eigenvalue weighted by molar-refractivity contribution is 14.1. The van der Waals surface area contributed by atoms with Crippen molar-refractivity contribution >= 4 is 28.3 Å². The van der Waals surface area contributed by atoms with Gasteiger partial charge in [-0.25, -0.2) is 0 Å². The molecule has 0 spiro atoms. The fourth-order valence-electron chi connectivity index (χ4n) is 2.40. The summed E-state index contributed by atoms with van der Waals surface area (Å²) in [6, 6.07) is 7.62. The van der Waals surface area contributed by atoms with Crippen molar-refractivity contribution in [2.75, 3.05) is 11.4 Å². The van der Waals surface area contributed by atoms with Gasteiger partial charge in [-0.05, 0) is 50.8 Å². The van der Waals surface area contributed by atoms with Gasteiger partial charge in [-0.2, -0.15) is 0 Å². The zero-order valence-corrected chi connectivity index (χ0v) is 12.5. The van der Waals surface area contributed by atoms with Crippen LogP contribution in [0.1, 0.15) is 42.2 Å². The van der Waals surface area contributed by atoms with E-state index < -0.39 is 0 Å². The third-order valence-corrected chi connectivity index (χ3v) is 4.07. The Balaban J connectivity index is 2.40. The van der Waals surface area contributed by atoms with Crippen molar-refractivity contribution in [2.45, 2.75) is 43.6 Å². The molecule has 2 heteroatoms. The fraction of sp³-hybridized carbons (Fsp3) is 0.571. The van der Waals surface area contributed by atoms with E-state index in [1.54, 1.807) is 0 Å². The number of anilines is 1. The van der Waals surface area contributed by atoms with Gasteiger partial charge in [0.15, 0.2) is 0 Å². The number of hydrogen-bond acceptors (Lipinski definition) is 1. The van der Waals surface area contributed by atoms with Gasteiger partial charge >= 0.3 is 0 Å². The summed E-state index contributed by atoms with van der Waals surface area (Å²) in [5, 5.41) is 0. The second-order valence-electron chi connectivity index (χ2n) is 4.89. The number of rotatable bonds is 2. The SMILES string of the molecule is CC(I)c1ccc2c(c1)N(C(C)C)CCC2. The Bertz CT molecular complexity index is 371. The smallest absolute Gasteiger partial charge is 0.0404 e. The standard InChI is InChI=1S/C14H20IN/c1-10(2)16-8-4-5-12-6-7-13(11(3)15)9-14(12)16/h6-7,9-11H,4-5,8H2,1-3H3. The number of nitrogens with zero attached hydrogens (tertiary/aromatic N) is 1. The number of halogens is 1. The van der Waals surface area contributed by atoms with E-state index >= 15 is 0 Å². The number of hydrogen-bond donors (Lipinski definition) is 0. The predicted octanol–water partition coefficient (Wildman–Crippen LogP) is 4.34. The summed E-state index contributed by atoms with van der Waals surface area (Å²) >= 11 is 2.49. The van der Waals surface area contributed by atoms with Crippen LogP contribution in [0.5, 0.6) is 0 Å². The Hall–Kier alpha value is -0.250. The quantitative estimate of drug-likeness (QED) is 0.576. The lowest BCUT2D eigenvalue weighted by Gasteiger charge is -2.35. The lowest BCUT2D eigenvalue weighted by atomic mass is 9.98. The minimum Gasteiger partial charge on any atom is -0.369 e. The Labute approximate surface area is 112 Å². The molecule has 1 heterocycles. The molecule has 0 amide bonds. The molecule has 0 fully saturated rings. The van der Waals surface area contributed by atoms with Gasteiger partial charge in [-0.1, -0.05) is 34.7 Å². The van der Waals surface area contributed by atoms with Gasteiger partial charge in [-0.3, -0.25) is 0 Å². The molecule has 0 N–H and O–H groups in total. The van der Waals surface area contributed by atoms with Crippen molar-refractivity contribution in [1.82, 2.24) is 0 Å². The third-order valence-electron chi connectivity index (χ3n) is 3.35. The molecule has 16 heavy (non-hydrogen) atoms.